The van der Waals surface area contributed by atoms with Crippen molar-refractivity contribution in [1.29, 1.82) is 0 Å². The Labute approximate surface area is 153 Å². The van der Waals surface area contributed by atoms with Gasteiger partial charge < -0.3 is 19.8 Å². The summed E-state index contributed by atoms with van der Waals surface area (Å²) in [5, 5.41) is 13.2. The standard InChI is InChI=1S/C13H18N6O5S2/c20-19(21)12-11(14-13-18(12)7-10-25-13)15-1-3-16(4-2-15)26(22,23)17-5-8-24-9-6-17/h7,10H,1-6,8-9H2. The van der Waals surface area contributed by atoms with Gasteiger partial charge in [-0.2, -0.15) is 26.4 Å². The van der Waals surface area contributed by atoms with Gasteiger partial charge in [0.15, 0.2) is 0 Å². The van der Waals surface area contributed by atoms with E-state index in [9.17, 15) is 18.5 Å². The van der Waals surface area contributed by atoms with E-state index in [4.69, 9.17) is 4.74 Å². The molecule has 2 saturated heterocycles. The van der Waals surface area contributed by atoms with E-state index in [1.807, 2.05) is 0 Å². The Kier molecular flexibility index (Phi) is 4.56. The number of ether oxygens (including phenoxy) is 1. The molecule has 2 aliphatic rings. The number of piperazine rings is 1. The van der Waals surface area contributed by atoms with Crippen LogP contribution in [-0.2, 0) is 14.9 Å². The van der Waals surface area contributed by atoms with Crippen molar-refractivity contribution in [1.82, 2.24) is 18.0 Å². The van der Waals surface area contributed by atoms with Crippen LogP contribution < -0.4 is 4.90 Å². The molecule has 0 atom stereocenters. The number of anilines is 1. The second-order valence-corrected chi connectivity index (χ2v) is 8.78. The number of thiazole rings is 1. The molecular formula is C13H18N6O5S2. The fourth-order valence-corrected chi connectivity index (χ4v) is 5.48. The maximum Gasteiger partial charge on any atom is 0.373 e. The van der Waals surface area contributed by atoms with E-state index < -0.39 is 15.1 Å². The first-order valence-corrected chi connectivity index (χ1v) is 10.4. The number of hydrogen-bond donors (Lipinski definition) is 0. The van der Waals surface area contributed by atoms with Crippen LogP contribution in [0.1, 0.15) is 0 Å². The first-order valence-electron chi connectivity index (χ1n) is 8.16. The van der Waals surface area contributed by atoms with Gasteiger partial charge >= 0.3 is 5.82 Å². The Morgan fingerprint density at radius 3 is 2.42 bits per heavy atom. The van der Waals surface area contributed by atoms with Gasteiger partial charge in [0.2, 0.25) is 5.82 Å². The second kappa shape index (κ2) is 6.74. The Balaban J connectivity index is 1.51. The van der Waals surface area contributed by atoms with Crippen LogP contribution in [-0.4, -0.2) is 83.8 Å². The van der Waals surface area contributed by atoms with Crippen molar-refractivity contribution in [2.24, 2.45) is 0 Å². The summed E-state index contributed by atoms with van der Waals surface area (Å²) in [4.78, 5) is 17.7. The van der Waals surface area contributed by atoms with E-state index in [0.29, 0.717) is 50.2 Å². The molecule has 2 fully saturated rings. The molecule has 0 amide bonds. The van der Waals surface area contributed by atoms with Gasteiger partial charge in [-0.25, -0.2) is 0 Å². The van der Waals surface area contributed by atoms with Crippen molar-refractivity contribution in [3.63, 3.8) is 0 Å². The van der Waals surface area contributed by atoms with Crippen molar-refractivity contribution in [2.75, 3.05) is 57.4 Å². The molecule has 4 heterocycles. The van der Waals surface area contributed by atoms with Gasteiger partial charge in [-0.05, 0) is 4.92 Å². The molecule has 11 nitrogen and oxygen atoms in total. The van der Waals surface area contributed by atoms with Crippen molar-refractivity contribution in [3.8, 4) is 0 Å². The lowest BCUT2D eigenvalue weighted by Crippen LogP contribution is -2.55. The fourth-order valence-electron chi connectivity index (χ4n) is 3.22. The Morgan fingerprint density at radius 2 is 1.77 bits per heavy atom. The summed E-state index contributed by atoms with van der Waals surface area (Å²) < 4.78 is 34.9. The molecule has 0 radical (unpaired) electrons. The maximum atomic E-state index is 12.7. The lowest BCUT2D eigenvalue weighted by molar-refractivity contribution is -0.389. The van der Waals surface area contributed by atoms with Crippen LogP contribution in [0.15, 0.2) is 11.6 Å². The van der Waals surface area contributed by atoms with E-state index in [2.05, 4.69) is 4.98 Å². The molecule has 26 heavy (non-hydrogen) atoms. The second-order valence-electron chi connectivity index (χ2n) is 5.98. The van der Waals surface area contributed by atoms with Gasteiger partial charge in [-0.1, -0.05) is 11.3 Å². The first-order chi connectivity index (χ1) is 12.5. The number of fused-ring (bicyclic) bond motifs is 1. The van der Waals surface area contributed by atoms with E-state index >= 15 is 0 Å². The van der Waals surface area contributed by atoms with Gasteiger partial charge in [0, 0.05) is 44.6 Å². The lowest BCUT2D eigenvalue weighted by atomic mass is 10.3. The molecule has 13 heteroatoms. The van der Waals surface area contributed by atoms with E-state index in [-0.39, 0.29) is 18.9 Å². The summed E-state index contributed by atoms with van der Waals surface area (Å²) >= 11 is 1.32. The molecule has 142 valence electrons. The van der Waals surface area contributed by atoms with Crippen molar-refractivity contribution < 1.29 is 18.1 Å². The third-order valence-corrected chi connectivity index (χ3v) is 7.34. The third kappa shape index (κ3) is 2.95. The van der Waals surface area contributed by atoms with Crippen LogP contribution >= 0.6 is 11.3 Å². The highest BCUT2D eigenvalue weighted by Crippen LogP contribution is 2.31. The number of nitrogens with zero attached hydrogens (tertiary/aromatic N) is 6. The number of rotatable bonds is 4. The van der Waals surface area contributed by atoms with Crippen LogP contribution in [0, 0.1) is 10.1 Å². The van der Waals surface area contributed by atoms with E-state index in [0.717, 1.165) is 0 Å². The minimum absolute atomic E-state index is 0.0780. The predicted molar refractivity (Wildman–Crippen MR) is 94.8 cm³/mol. The zero-order valence-corrected chi connectivity index (χ0v) is 15.5. The van der Waals surface area contributed by atoms with Gasteiger partial charge in [0.25, 0.3) is 15.2 Å². The van der Waals surface area contributed by atoms with Crippen LogP contribution in [0.3, 0.4) is 0 Å². The number of hydrogen-bond acceptors (Lipinski definition) is 8. The minimum atomic E-state index is -3.53. The molecular weight excluding hydrogens is 384 g/mol. The van der Waals surface area contributed by atoms with Crippen LogP contribution in [0.5, 0.6) is 0 Å². The number of morpholine rings is 1. The highest BCUT2D eigenvalue weighted by Gasteiger charge is 2.36. The molecule has 0 N–H and O–H groups in total. The Bertz CT molecular complexity index is 911. The number of aromatic nitrogens is 2. The normalized spacial score (nSPS) is 20.7. The Morgan fingerprint density at radius 1 is 1.12 bits per heavy atom. The summed E-state index contributed by atoms with van der Waals surface area (Å²) in [5.74, 6) is 0.219. The molecule has 0 aliphatic carbocycles. The highest BCUT2D eigenvalue weighted by molar-refractivity contribution is 7.86. The average Bonchev–Trinajstić information content (AvgIpc) is 3.23. The Hall–Kier alpha value is -1.80. The fraction of sp³-hybridized carbons (Fsp3) is 0.615. The van der Waals surface area contributed by atoms with Gasteiger partial charge in [-0.3, -0.25) is 0 Å². The first kappa shape index (κ1) is 17.6. The van der Waals surface area contributed by atoms with Gasteiger partial charge in [-0.15, -0.1) is 0 Å². The predicted octanol–water partition coefficient (Wildman–Crippen LogP) is 0.00300. The average molecular weight is 402 g/mol. The van der Waals surface area contributed by atoms with Crippen molar-refractivity contribution >= 4 is 38.1 Å². The van der Waals surface area contributed by atoms with Crippen molar-refractivity contribution in [3.05, 3.63) is 21.7 Å². The largest absolute Gasteiger partial charge is 0.379 e. The van der Waals surface area contributed by atoms with Crippen LogP contribution in [0.25, 0.3) is 4.96 Å². The summed E-state index contributed by atoms with van der Waals surface area (Å²) in [6.07, 6.45) is 1.62. The summed E-state index contributed by atoms with van der Waals surface area (Å²) in [5.41, 5.74) is 0. The molecule has 0 bridgehead atoms. The zero-order chi connectivity index (χ0) is 18.3. The zero-order valence-electron chi connectivity index (χ0n) is 13.9. The smallest absolute Gasteiger partial charge is 0.373 e. The molecule has 2 aliphatic heterocycles. The molecule has 4 rings (SSSR count). The summed E-state index contributed by atoms with van der Waals surface area (Å²) in [6.45, 7) is 2.75. The molecule has 0 aromatic carbocycles. The number of imidazole rings is 1. The molecule has 0 saturated carbocycles. The molecule has 0 unspecified atom stereocenters. The SMILES string of the molecule is O=[N+]([O-])c1c(N2CCN(S(=O)(=O)N3CCOCC3)CC2)nc2sccn12. The lowest BCUT2D eigenvalue weighted by Gasteiger charge is -2.37. The molecule has 2 aromatic heterocycles. The van der Waals surface area contributed by atoms with Crippen LogP contribution in [0.2, 0.25) is 0 Å². The molecule has 2 aromatic rings. The summed E-state index contributed by atoms with van der Waals surface area (Å²) in [7, 11) is -3.53. The van der Waals surface area contributed by atoms with Crippen molar-refractivity contribution in [2.45, 2.75) is 0 Å². The number of nitro groups is 1. The topological polar surface area (TPSA) is 114 Å². The van der Waals surface area contributed by atoms with Gasteiger partial charge in [0.05, 0.1) is 13.2 Å². The minimum Gasteiger partial charge on any atom is -0.379 e. The van der Waals surface area contributed by atoms with Crippen LogP contribution in [0.4, 0.5) is 11.6 Å². The quantitative estimate of drug-likeness (QED) is 0.522. The highest BCUT2D eigenvalue weighted by atomic mass is 32.2. The van der Waals surface area contributed by atoms with Gasteiger partial charge in [0.1, 0.15) is 6.20 Å². The van der Waals surface area contributed by atoms with E-state index in [1.165, 1.54) is 24.3 Å². The maximum absolute atomic E-state index is 12.7. The van der Waals surface area contributed by atoms with E-state index in [1.54, 1.807) is 16.5 Å². The third-order valence-electron chi connectivity index (χ3n) is 4.55. The molecule has 0 spiro atoms. The monoisotopic (exact) mass is 402 g/mol. The summed E-state index contributed by atoms with van der Waals surface area (Å²) in [6, 6.07) is 0.